The van der Waals surface area contributed by atoms with E-state index >= 15 is 0 Å². The number of hydrogen-bond acceptors (Lipinski definition) is 4. The number of benzene rings is 4. The summed E-state index contributed by atoms with van der Waals surface area (Å²) >= 11 is 0. The Morgan fingerprint density at radius 1 is 0.553 bits per heavy atom. The van der Waals surface area contributed by atoms with E-state index in [1.807, 2.05) is 10.7 Å². The maximum atomic E-state index is 4.43. The Bertz CT molecular complexity index is 1640. The van der Waals surface area contributed by atoms with Gasteiger partial charge in [-0.15, -0.1) is 0 Å². The lowest BCUT2D eigenvalue weighted by Gasteiger charge is -2.27. The molecule has 0 N–H and O–H groups in total. The third-order valence-electron chi connectivity index (χ3n) is 6.76. The number of rotatable bonds is 5. The van der Waals surface area contributed by atoms with Gasteiger partial charge in [0.15, 0.2) is 0 Å². The molecule has 0 aliphatic carbocycles. The summed E-state index contributed by atoms with van der Waals surface area (Å²) in [5.74, 6) is 0. The molecule has 4 aromatic carbocycles. The SMILES string of the molecule is CC(C)(C)c1cc(-n2cncn2)cc(-c2ccc(-c3ccccc3)cc2)c1-c1ccc(-n2cncn2)cc1. The maximum absolute atomic E-state index is 4.43. The topological polar surface area (TPSA) is 61.4 Å². The lowest BCUT2D eigenvalue weighted by Crippen LogP contribution is -2.15. The van der Waals surface area contributed by atoms with E-state index in [9.17, 15) is 0 Å². The molecular weight excluding hydrogens is 468 g/mol. The molecule has 0 saturated heterocycles. The van der Waals surface area contributed by atoms with Gasteiger partial charge in [-0.05, 0) is 68.6 Å². The highest BCUT2D eigenvalue weighted by Gasteiger charge is 2.24. The third-order valence-corrected chi connectivity index (χ3v) is 6.76. The van der Waals surface area contributed by atoms with Gasteiger partial charge in [-0.2, -0.15) is 10.2 Å². The predicted molar refractivity (Wildman–Crippen MR) is 151 cm³/mol. The van der Waals surface area contributed by atoms with Gasteiger partial charge >= 0.3 is 0 Å². The van der Waals surface area contributed by atoms with Crippen molar-refractivity contribution in [2.75, 3.05) is 0 Å². The molecular formula is C32H28N6. The fourth-order valence-corrected chi connectivity index (χ4v) is 4.83. The van der Waals surface area contributed by atoms with Crippen LogP contribution in [-0.4, -0.2) is 29.5 Å². The van der Waals surface area contributed by atoms with Crippen molar-refractivity contribution in [3.05, 3.63) is 122 Å². The summed E-state index contributed by atoms with van der Waals surface area (Å²) in [4.78, 5) is 8.27. The smallest absolute Gasteiger partial charge is 0.138 e. The second-order valence-electron chi connectivity index (χ2n) is 10.3. The van der Waals surface area contributed by atoms with E-state index in [-0.39, 0.29) is 5.41 Å². The van der Waals surface area contributed by atoms with E-state index in [0.29, 0.717) is 0 Å². The lowest BCUT2D eigenvalue weighted by atomic mass is 9.78. The normalized spacial score (nSPS) is 11.6. The zero-order valence-electron chi connectivity index (χ0n) is 21.7. The summed E-state index contributed by atoms with van der Waals surface area (Å²) in [5.41, 5.74) is 10.1. The van der Waals surface area contributed by atoms with Gasteiger partial charge in [-0.1, -0.05) is 87.5 Å². The van der Waals surface area contributed by atoms with Crippen molar-refractivity contribution in [3.8, 4) is 44.8 Å². The van der Waals surface area contributed by atoms with E-state index in [1.165, 1.54) is 22.3 Å². The summed E-state index contributed by atoms with van der Waals surface area (Å²) in [6.07, 6.45) is 6.58. The first-order valence-corrected chi connectivity index (χ1v) is 12.6. The first kappa shape index (κ1) is 23.6. The van der Waals surface area contributed by atoms with Crippen molar-refractivity contribution in [1.29, 1.82) is 0 Å². The summed E-state index contributed by atoms with van der Waals surface area (Å²) in [7, 11) is 0. The van der Waals surface area contributed by atoms with Gasteiger partial charge in [0.1, 0.15) is 25.3 Å². The van der Waals surface area contributed by atoms with Gasteiger partial charge in [-0.25, -0.2) is 19.3 Å². The zero-order valence-corrected chi connectivity index (χ0v) is 21.7. The summed E-state index contributed by atoms with van der Waals surface area (Å²) in [5, 5.41) is 8.70. The van der Waals surface area contributed by atoms with E-state index < -0.39 is 0 Å². The minimum Gasteiger partial charge on any atom is -0.223 e. The molecule has 0 bridgehead atoms. The molecule has 0 aliphatic heterocycles. The van der Waals surface area contributed by atoms with Crippen molar-refractivity contribution in [3.63, 3.8) is 0 Å². The fourth-order valence-electron chi connectivity index (χ4n) is 4.83. The molecule has 0 fully saturated rings. The van der Waals surface area contributed by atoms with Crippen molar-refractivity contribution < 1.29 is 0 Å². The molecule has 186 valence electrons. The van der Waals surface area contributed by atoms with Gasteiger partial charge in [0.25, 0.3) is 0 Å². The van der Waals surface area contributed by atoms with E-state index in [4.69, 9.17) is 0 Å². The van der Waals surface area contributed by atoms with Gasteiger partial charge in [-0.3, -0.25) is 0 Å². The molecule has 6 nitrogen and oxygen atoms in total. The average Bonchev–Trinajstić information content (AvgIpc) is 3.68. The van der Waals surface area contributed by atoms with Gasteiger partial charge in [0, 0.05) is 0 Å². The molecule has 38 heavy (non-hydrogen) atoms. The van der Waals surface area contributed by atoms with Crippen LogP contribution in [-0.2, 0) is 5.41 Å². The van der Waals surface area contributed by atoms with E-state index in [0.717, 1.165) is 28.1 Å². The molecule has 0 unspecified atom stereocenters. The van der Waals surface area contributed by atoms with Crippen molar-refractivity contribution in [2.24, 2.45) is 0 Å². The molecule has 0 aliphatic rings. The Kier molecular flexibility index (Phi) is 5.92. The second-order valence-corrected chi connectivity index (χ2v) is 10.3. The highest BCUT2D eigenvalue weighted by Crippen LogP contribution is 2.42. The number of nitrogens with zero attached hydrogens (tertiary/aromatic N) is 6. The Balaban J connectivity index is 1.55. The minimum atomic E-state index is -0.116. The third kappa shape index (κ3) is 4.52. The maximum Gasteiger partial charge on any atom is 0.138 e. The van der Waals surface area contributed by atoms with Crippen molar-refractivity contribution >= 4 is 0 Å². The molecule has 0 spiro atoms. The Labute approximate surface area is 222 Å². The van der Waals surface area contributed by atoms with Crippen molar-refractivity contribution in [1.82, 2.24) is 29.5 Å². The number of hydrogen-bond donors (Lipinski definition) is 0. The summed E-state index contributed by atoms with van der Waals surface area (Å²) in [6, 6.07) is 32.2. The summed E-state index contributed by atoms with van der Waals surface area (Å²) < 4.78 is 3.60. The van der Waals surface area contributed by atoms with Crippen LogP contribution in [0.3, 0.4) is 0 Å². The largest absolute Gasteiger partial charge is 0.223 e. The lowest BCUT2D eigenvalue weighted by molar-refractivity contribution is 0.591. The molecule has 6 heteroatoms. The molecule has 0 radical (unpaired) electrons. The first-order valence-electron chi connectivity index (χ1n) is 12.6. The van der Waals surface area contributed by atoms with Crippen LogP contribution in [0.5, 0.6) is 0 Å². The molecule has 0 atom stereocenters. The Hall–Kier alpha value is -4.84. The van der Waals surface area contributed by atoms with Crippen LogP contribution in [0, 0.1) is 0 Å². The molecule has 6 aromatic rings. The second kappa shape index (κ2) is 9.56. The van der Waals surface area contributed by atoms with Crippen LogP contribution in [0.2, 0.25) is 0 Å². The Morgan fingerprint density at radius 2 is 1.11 bits per heavy atom. The first-order chi connectivity index (χ1) is 18.5. The predicted octanol–water partition coefficient (Wildman–Crippen LogP) is 7.15. The van der Waals surface area contributed by atoms with Crippen LogP contribution in [0.25, 0.3) is 44.8 Å². The highest BCUT2D eigenvalue weighted by molar-refractivity contribution is 5.89. The van der Waals surface area contributed by atoms with E-state index in [2.05, 4.69) is 126 Å². The van der Waals surface area contributed by atoms with Gasteiger partial charge < -0.3 is 0 Å². The average molecular weight is 497 g/mol. The highest BCUT2D eigenvalue weighted by atomic mass is 15.3. The van der Waals surface area contributed by atoms with Crippen LogP contribution in [0.4, 0.5) is 0 Å². The van der Waals surface area contributed by atoms with Gasteiger partial charge in [0.2, 0.25) is 0 Å². The van der Waals surface area contributed by atoms with E-state index in [1.54, 1.807) is 30.0 Å². The van der Waals surface area contributed by atoms with Crippen LogP contribution in [0.1, 0.15) is 26.3 Å². The van der Waals surface area contributed by atoms with Gasteiger partial charge in [0.05, 0.1) is 11.4 Å². The van der Waals surface area contributed by atoms with Crippen LogP contribution in [0.15, 0.2) is 116 Å². The molecule has 6 rings (SSSR count). The molecule has 0 saturated carbocycles. The Morgan fingerprint density at radius 3 is 1.68 bits per heavy atom. The monoisotopic (exact) mass is 496 g/mol. The quantitative estimate of drug-likeness (QED) is 0.254. The standard InChI is InChI=1S/C32H28N6/c1-32(2,3)30-18-28(38-22-34-20-36-38)17-29(25-11-9-24(10-12-25)23-7-5-4-6-8-23)31(30)26-13-15-27(16-14-26)37-21-33-19-35-37/h4-22H,1-3H3. The molecule has 2 heterocycles. The number of aromatic nitrogens is 6. The molecule has 0 amide bonds. The van der Waals surface area contributed by atoms with Crippen LogP contribution < -0.4 is 0 Å². The molecule has 2 aromatic heterocycles. The zero-order chi connectivity index (χ0) is 26.1. The summed E-state index contributed by atoms with van der Waals surface area (Å²) in [6.45, 7) is 6.76. The minimum absolute atomic E-state index is 0.116. The van der Waals surface area contributed by atoms with Crippen molar-refractivity contribution in [2.45, 2.75) is 26.2 Å². The fraction of sp³-hybridized carbons (Fsp3) is 0.125. The van der Waals surface area contributed by atoms with Crippen LogP contribution >= 0.6 is 0 Å².